The van der Waals surface area contributed by atoms with E-state index in [4.69, 9.17) is 4.74 Å². The topological polar surface area (TPSA) is 85.1 Å². The zero-order valence-electron chi connectivity index (χ0n) is 10.9. The van der Waals surface area contributed by atoms with Crippen LogP contribution in [0.15, 0.2) is 5.16 Å². The zero-order valence-corrected chi connectivity index (χ0v) is 11.7. The van der Waals surface area contributed by atoms with E-state index in [2.05, 4.69) is 27.8 Å². The minimum absolute atomic E-state index is 0.326. The zero-order chi connectivity index (χ0) is 13.2. The number of hydrogen-bond donors (Lipinski definition) is 2. The van der Waals surface area contributed by atoms with Crippen molar-refractivity contribution in [1.29, 1.82) is 0 Å². The summed E-state index contributed by atoms with van der Waals surface area (Å²) in [6.45, 7) is 5.02. The Hall–Kier alpha value is -0.700. The van der Waals surface area contributed by atoms with Crippen molar-refractivity contribution in [3.05, 3.63) is 0 Å². The Bertz CT molecular complexity index is 323. The van der Waals surface area contributed by atoms with Gasteiger partial charge in [-0.3, -0.25) is 0 Å². The second-order valence-corrected chi connectivity index (χ2v) is 4.84. The molecular weight excluding hydrogens is 254 g/mol. The van der Waals surface area contributed by atoms with Gasteiger partial charge in [0.1, 0.15) is 0 Å². The van der Waals surface area contributed by atoms with E-state index in [0.717, 1.165) is 31.2 Å². The van der Waals surface area contributed by atoms with Crippen LogP contribution >= 0.6 is 11.8 Å². The van der Waals surface area contributed by atoms with Crippen LogP contribution < -0.4 is 5.32 Å². The van der Waals surface area contributed by atoms with Gasteiger partial charge in [0, 0.05) is 19.4 Å². The molecule has 0 fully saturated rings. The highest BCUT2D eigenvalue weighted by Gasteiger charge is 2.10. The minimum Gasteiger partial charge on any atom is -0.390 e. The number of ether oxygens (including phenoxy) is 1. The maximum atomic E-state index is 9.55. The average molecular weight is 275 g/mol. The van der Waals surface area contributed by atoms with Crippen LogP contribution in [0, 0.1) is 0 Å². The molecule has 2 N–H and O–H groups in total. The third-order valence-corrected chi connectivity index (χ3v) is 3.29. The molecule has 1 aromatic rings. The summed E-state index contributed by atoms with van der Waals surface area (Å²) in [7, 11) is 1.57. The lowest BCUT2D eigenvalue weighted by Crippen LogP contribution is -2.22. The second kappa shape index (κ2) is 9.26. The summed E-state index contributed by atoms with van der Waals surface area (Å²) in [5.74, 6) is 0.524. The molecule has 1 atom stereocenters. The molecule has 0 bridgehead atoms. The van der Waals surface area contributed by atoms with Crippen LogP contribution in [0.25, 0.3) is 0 Å². The van der Waals surface area contributed by atoms with Gasteiger partial charge in [0.15, 0.2) is 0 Å². The molecule has 0 aromatic carbocycles. The second-order valence-electron chi connectivity index (χ2n) is 3.85. The summed E-state index contributed by atoms with van der Waals surface area (Å²) in [6.07, 6.45) is 0.615. The van der Waals surface area contributed by atoms with Crippen molar-refractivity contribution >= 4 is 11.8 Å². The van der Waals surface area contributed by atoms with Crippen LogP contribution in [-0.2, 0) is 11.3 Å². The average Bonchev–Trinajstić information content (AvgIpc) is 2.80. The predicted molar refractivity (Wildman–Crippen MR) is 69.6 cm³/mol. The molecule has 0 aliphatic rings. The molecule has 1 aromatic heterocycles. The van der Waals surface area contributed by atoms with Gasteiger partial charge in [0.25, 0.3) is 0 Å². The molecule has 8 heteroatoms. The first-order valence-corrected chi connectivity index (χ1v) is 7.03. The first-order chi connectivity index (χ1) is 8.77. The van der Waals surface area contributed by atoms with Crippen LogP contribution in [0.3, 0.4) is 0 Å². The van der Waals surface area contributed by atoms with E-state index in [1.54, 1.807) is 11.8 Å². The highest BCUT2D eigenvalue weighted by Crippen LogP contribution is 2.14. The van der Waals surface area contributed by atoms with Gasteiger partial charge >= 0.3 is 0 Å². The van der Waals surface area contributed by atoms with Crippen LogP contribution in [-0.4, -0.2) is 64.0 Å². The number of nitrogens with one attached hydrogen (secondary N) is 1. The molecule has 1 heterocycles. The monoisotopic (exact) mass is 275 g/mol. The van der Waals surface area contributed by atoms with Crippen molar-refractivity contribution in [1.82, 2.24) is 25.5 Å². The van der Waals surface area contributed by atoms with E-state index in [9.17, 15) is 5.11 Å². The van der Waals surface area contributed by atoms with E-state index >= 15 is 0 Å². The van der Waals surface area contributed by atoms with Gasteiger partial charge in [-0.05, 0) is 23.4 Å². The largest absolute Gasteiger partial charge is 0.390 e. The summed E-state index contributed by atoms with van der Waals surface area (Å²) in [5.41, 5.74) is 0. The van der Waals surface area contributed by atoms with Gasteiger partial charge in [-0.1, -0.05) is 18.7 Å². The van der Waals surface area contributed by atoms with Gasteiger partial charge in [0.2, 0.25) is 5.16 Å². The number of hydrogen-bond acceptors (Lipinski definition) is 7. The lowest BCUT2D eigenvalue weighted by atomic mass is 10.4. The third kappa shape index (κ3) is 5.76. The molecule has 104 valence electrons. The molecule has 7 nitrogen and oxygen atoms in total. The van der Waals surface area contributed by atoms with Gasteiger partial charge in [-0.15, -0.1) is 5.10 Å². The van der Waals surface area contributed by atoms with Crippen molar-refractivity contribution < 1.29 is 9.84 Å². The fraction of sp³-hybridized carbons (Fsp3) is 0.900. The summed E-state index contributed by atoms with van der Waals surface area (Å²) < 4.78 is 6.61. The SMILES string of the molecule is CCCNCCn1nnnc1SCC(O)COC. The standard InChI is InChI=1S/C10H21N5O2S/c1-3-4-11-5-6-15-10(12-13-14-15)18-8-9(16)7-17-2/h9,11,16H,3-8H2,1-2H3. The number of rotatable bonds is 10. The fourth-order valence-electron chi connectivity index (χ4n) is 1.34. The highest BCUT2D eigenvalue weighted by molar-refractivity contribution is 7.99. The molecule has 0 aliphatic heterocycles. The Morgan fingerprint density at radius 1 is 1.50 bits per heavy atom. The Morgan fingerprint density at radius 2 is 2.33 bits per heavy atom. The molecule has 0 radical (unpaired) electrons. The van der Waals surface area contributed by atoms with E-state index in [-0.39, 0.29) is 0 Å². The number of methoxy groups -OCH3 is 1. The molecule has 0 amide bonds. The number of nitrogens with zero attached hydrogens (tertiary/aromatic N) is 4. The van der Waals surface area contributed by atoms with E-state index < -0.39 is 6.10 Å². The van der Waals surface area contributed by atoms with Crippen LogP contribution in [0.1, 0.15) is 13.3 Å². The summed E-state index contributed by atoms with van der Waals surface area (Å²) in [4.78, 5) is 0. The van der Waals surface area contributed by atoms with Crippen molar-refractivity contribution in [3.63, 3.8) is 0 Å². The summed E-state index contributed by atoms with van der Waals surface area (Å²) in [5, 5.41) is 25.1. The molecular formula is C10H21N5O2S. The molecule has 0 saturated carbocycles. The van der Waals surface area contributed by atoms with Crippen molar-refractivity contribution in [3.8, 4) is 0 Å². The quantitative estimate of drug-likeness (QED) is 0.451. The van der Waals surface area contributed by atoms with Crippen molar-refractivity contribution in [2.45, 2.75) is 31.1 Å². The lowest BCUT2D eigenvalue weighted by Gasteiger charge is -2.08. The summed E-state index contributed by atoms with van der Waals surface area (Å²) in [6, 6.07) is 0. The van der Waals surface area contributed by atoms with E-state index in [1.165, 1.54) is 11.8 Å². The first kappa shape index (κ1) is 15.4. The van der Waals surface area contributed by atoms with Crippen LogP contribution in [0.2, 0.25) is 0 Å². The Morgan fingerprint density at radius 3 is 3.06 bits per heavy atom. The smallest absolute Gasteiger partial charge is 0.209 e. The molecule has 1 unspecified atom stereocenters. The van der Waals surface area contributed by atoms with Crippen LogP contribution in [0.5, 0.6) is 0 Å². The summed E-state index contributed by atoms with van der Waals surface area (Å²) >= 11 is 1.43. The Balaban J connectivity index is 2.30. The van der Waals surface area contributed by atoms with Gasteiger partial charge in [-0.25, -0.2) is 4.68 Å². The third-order valence-electron chi connectivity index (χ3n) is 2.19. The Kier molecular flexibility index (Phi) is 7.90. The fourth-order valence-corrected chi connectivity index (χ4v) is 2.15. The van der Waals surface area contributed by atoms with E-state index in [1.807, 2.05) is 0 Å². The minimum atomic E-state index is -0.497. The molecule has 18 heavy (non-hydrogen) atoms. The first-order valence-electron chi connectivity index (χ1n) is 6.04. The number of aliphatic hydroxyl groups is 1. The predicted octanol–water partition coefficient (Wildman–Crippen LogP) is -0.228. The van der Waals surface area contributed by atoms with Crippen LogP contribution in [0.4, 0.5) is 0 Å². The molecule has 0 aliphatic carbocycles. The van der Waals surface area contributed by atoms with Gasteiger partial charge in [-0.2, -0.15) is 0 Å². The molecule has 0 saturated heterocycles. The highest BCUT2D eigenvalue weighted by atomic mass is 32.2. The number of thioether (sulfide) groups is 1. The normalized spacial score (nSPS) is 12.8. The number of aliphatic hydroxyl groups excluding tert-OH is 1. The molecule has 1 rings (SSSR count). The van der Waals surface area contributed by atoms with Gasteiger partial charge < -0.3 is 15.2 Å². The number of aromatic nitrogens is 4. The van der Waals surface area contributed by atoms with Gasteiger partial charge in [0.05, 0.1) is 19.3 Å². The number of tetrazole rings is 1. The maximum absolute atomic E-state index is 9.55. The van der Waals surface area contributed by atoms with Crippen molar-refractivity contribution in [2.75, 3.05) is 32.6 Å². The Labute approximate surface area is 111 Å². The van der Waals surface area contributed by atoms with E-state index in [0.29, 0.717) is 12.4 Å². The lowest BCUT2D eigenvalue weighted by molar-refractivity contribution is 0.0793. The molecule has 0 spiro atoms. The maximum Gasteiger partial charge on any atom is 0.209 e. The van der Waals surface area contributed by atoms with Crippen molar-refractivity contribution in [2.24, 2.45) is 0 Å².